The Hall–Kier alpha value is -2.39. The number of benzene rings is 2. The number of hydrogen-bond acceptors (Lipinski definition) is 3. The molecular formula is C19H21F3N2O3S. The largest absolute Gasteiger partial charge is 0.412 e. The molecule has 2 rings (SSSR count). The highest BCUT2D eigenvalue weighted by atomic mass is 32.2. The van der Waals surface area contributed by atoms with Gasteiger partial charge in [-0.05, 0) is 23.8 Å². The number of carbonyl (C=O) groups excluding carboxylic acids is 1. The summed E-state index contributed by atoms with van der Waals surface area (Å²) in [6, 6.07) is 9.77. The Labute approximate surface area is 162 Å². The molecule has 0 aromatic heterocycles. The molecule has 5 nitrogen and oxygen atoms in total. The fourth-order valence-corrected chi connectivity index (χ4v) is 4.23. The number of nitrogens with one attached hydrogen (secondary N) is 1. The molecular weight excluding hydrogens is 393 g/mol. The molecule has 0 heterocycles. The number of carbonyl (C=O) groups is 1. The number of nitrogens with zero attached hydrogens (tertiary/aromatic N) is 1. The lowest BCUT2D eigenvalue weighted by molar-refractivity contribution is -0.155. The van der Waals surface area contributed by atoms with Crippen LogP contribution in [0.1, 0.15) is 35.8 Å². The normalized spacial score (nSPS) is 13.4. The molecule has 1 unspecified atom stereocenters. The van der Waals surface area contributed by atoms with Crippen molar-refractivity contribution in [1.82, 2.24) is 9.62 Å². The summed E-state index contributed by atoms with van der Waals surface area (Å²) in [6.07, 6.45) is -4.71. The van der Waals surface area contributed by atoms with Gasteiger partial charge in [0.2, 0.25) is 10.0 Å². The Balaban J connectivity index is 2.34. The topological polar surface area (TPSA) is 66.5 Å². The van der Waals surface area contributed by atoms with Gasteiger partial charge in [-0.2, -0.15) is 17.5 Å². The van der Waals surface area contributed by atoms with E-state index in [4.69, 9.17) is 0 Å². The van der Waals surface area contributed by atoms with Crippen molar-refractivity contribution in [2.24, 2.45) is 0 Å². The van der Waals surface area contributed by atoms with Crippen molar-refractivity contribution in [1.29, 1.82) is 0 Å². The van der Waals surface area contributed by atoms with E-state index in [-0.39, 0.29) is 29.1 Å². The molecule has 0 bridgehead atoms. The summed E-state index contributed by atoms with van der Waals surface area (Å²) >= 11 is 0. The summed E-state index contributed by atoms with van der Waals surface area (Å²) in [6.45, 7) is 3.82. The van der Waals surface area contributed by atoms with E-state index >= 15 is 0 Å². The van der Waals surface area contributed by atoms with Gasteiger partial charge in [0, 0.05) is 18.7 Å². The molecule has 1 N–H and O–H groups in total. The van der Waals surface area contributed by atoms with E-state index in [0.717, 1.165) is 6.07 Å². The van der Waals surface area contributed by atoms with Gasteiger partial charge in [-0.25, -0.2) is 8.42 Å². The number of hydrogen-bond donors (Lipinski definition) is 1. The number of sulfonamides is 1. The minimum absolute atomic E-state index is 0.115. The molecule has 28 heavy (non-hydrogen) atoms. The molecule has 1 atom stereocenters. The fraction of sp³-hybridized carbons (Fsp3) is 0.316. The van der Waals surface area contributed by atoms with Crippen molar-refractivity contribution in [2.75, 3.05) is 13.1 Å². The Morgan fingerprint density at radius 1 is 1.04 bits per heavy atom. The van der Waals surface area contributed by atoms with Crippen LogP contribution in [0, 0.1) is 0 Å². The summed E-state index contributed by atoms with van der Waals surface area (Å²) in [4.78, 5) is 12.3. The van der Waals surface area contributed by atoms with Gasteiger partial charge in [0.05, 0.1) is 4.90 Å². The van der Waals surface area contributed by atoms with Crippen LogP contribution < -0.4 is 5.32 Å². The first-order valence-corrected chi connectivity index (χ1v) is 10.1. The Bertz CT molecular complexity index is 912. The predicted octanol–water partition coefficient (Wildman–Crippen LogP) is 3.75. The third-order valence-corrected chi connectivity index (χ3v) is 6.22. The molecule has 0 aliphatic carbocycles. The van der Waals surface area contributed by atoms with Gasteiger partial charge in [0.1, 0.15) is 0 Å². The van der Waals surface area contributed by atoms with Gasteiger partial charge in [0.15, 0.2) is 6.04 Å². The van der Waals surface area contributed by atoms with E-state index in [2.05, 4.69) is 0 Å². The standard InChI is InChI=1S/C19H21F3N2O3S/c1-3-24(4-2)28(26,27)16-12-8-11-15(13-16)18(25)23-17(19(20,21)22)14-9-6-5-7-10-14/h5-13,17H,3-4H2,1-2H3,(H,23,25). The van der Waals surface area contributed by atoms with Crippen molar-refractivity contribution in [2.45, 2.75) is 31.0 Å². The van der Waals surface area contributed by atoms with Crippen molar-refractivity contribution in [3.05, 3.63) is 65.7 Å². The molecule has 0 saturated heterocycles. The summed E-state index contributed by atoms with van der Waals surface area (Å²) < 4.78 is 66.7. The Morgan fingerprint density at radius 2 is 1.64 bits per heavy atom. The molecule has 0 spiro atoms. The maximum absolute atomic E-state index is 13.4. The van der Waals surface area contributed by atoms with E-state index in [1.807, 2.05) is 5.32 Å². The molecule has 0 aliphatic heterocycles. The fourth-order valence-electron chi connectivity index (χ4n) is 2.72. The van der Waals surface area contributed by atoms with Gasteiger partial charge in [-0.3, -0.25) is 4.79 Å². The molecule has 0 fully saturated rings. The van der Waals surface area contributed by atoms with Gasteiger partial charge >= 0.3 is 6.18 Å². The highest BCUT2D eigenvalue weighted by Crippen LogP contribution is 2.32. The molecule has 152 valence electrons. The summed E-state index contributed by atoms with van der Waals surface area (Å²) in [7, 11) is -3.84. The quantitative estimate of drug-likeness (QED) is 0.750. The van der Waals surface area contributed by atoms with Crippen LogP contribution in [0.4, 0.5) is 13.2 Å². The zero-order valence-electron chi connectivity index (χ0n) is 15.4. The maximum atomic E-state index is 13.4. The van der Waals surface area contributed by atoms with E-state index in [0.29, 0.717) is 0 Å². The number of amides is 1. The smallest absolute Gasteiger partial charge is 0.337 e. The van der Waals surface area contributed by atoms with Crippen LogP contribution in [0.3, 0.4) is 0 Å². The van der Waals surface area contributed by atoms with Gasteiger partial charge in [-0.15, -0.1) is 0 Å². The molecule has 2 aromatic rings. The van der Waals surface area contributed by atoms with Crippen molar-refractivity contribution in [3.8, 4) is 0 Å². The predicted molar refractivity (Wildman–Crippen MR) is 99.3 cm³/mol. The first-order valence-electron chi connectivity index (χ1n) is 8.64. The second-order valence-corrected chi connectivity index (χ2v) is 7.91. The molecule has 0 aliphatic rings. The monoisotopic (exact) mass is 414 g/mol. The van der Waals surface area contributed by atoms with Crippen molar-refractivity contribution >= 4 is 15.9 Å². The number of halogens is 3. The van der Waals surface area contributed by atoms with Crippen molar-refractivity contribution < 1.29 is 26.4 Å². The van der Waals surface area contributed by atoms with Crippen LogP contribution >= 0.6 is 0 Å². The average molecular weight is 414 g/mol. The summed E-state index contributed by atoms with van der Waals surface area (Å²) in [5.41, 5.74) is -0.284. The molecule has 0 radical (unpaired) electrons. The van der Waals surface area contributed by atoms with Gasteiger partial charge < -0.3 is 5.32 Å². The average Bonchev–Trinajstić information content (AvgIpc) is 2.66. The van der Waals surface area contributed by atoms with E-state index in [1.54, 1.807) is 19.9 Å². The van der Waals surface area contributed by atoms with E-state index < -0.39 is 28.1 Å². The number of rotatable bonds is 7. The van der Waals surface area contributed by atoms with Crippen LogP contribution in [-0.4, -0.2) is 37.9 Å². The lowest BCUT2D eigenvalue weighted by atomic mass is 10.1. The van der Waals surface area contributed by atoms with Gasteiger partial charge in [0.25, 0.3) is 5.91 Å². The van der Waals surface area contributed by atoms with Crippen LogP contribution in [-0.2, 0) is 10.0 Å². The zero-order valence-corrected chi connectivity index (χ0v) is 16.2. The van der Waals surface area contributed by atoms with Gasteiger partial charge in [-0.1, -0.05) is 50.2 Å². The SMILES string of the molecule is CCN(CC)S(=O)(=O)c1cccc(C(=O)NC(c2ccccc2)C(F)(F)F)c1. The van der Waals surface area contributed by atoms with Crippen LogP contribution in [0.15, 0.2) is 59.5 Å². The van der Waals surface area contributed by atoms with E-state index in [9.17, 15) is 26.4 Å². The van der Waals surface area contributed by atoms with Crippen molar-refractivity contribution in [3.63, 3.8) is 0 Å². The summed E-state index contributed by atoms with van der Waals surface area (Å²) in [5, 5.41) is 1.95. The lowest BCUT2D eigenvalue weighted by Gasteiger charge is -2.22. The third kappa shape index (κ3) is 4.90. The van der Waals surface area contributed by atoms with Crippen LogP contribution in [0.2, 0.25) is 0 Å². The van der Waals surface area contributed by atoms with Crippen LogP contribution in [0.5, 0.6) is 0 Å². The minimum Gasteiger partial charge on any atom is -0.337 e. The molecule has 1 amide bonds. The third-order valence-electron chi connectivity index (χ3n) is 4.18. The highest BCUT2D eigenvalue weighted by molar-refractivity contribution is 7.89. The second-order valence-electron chi connectivity index (χ2n) is 5.98. The maximum Gasteiger partial charge on any atom is 0.412 e. The Kier molecular flexibility index (Phi) is 6.84. The lowest BCUT2D eigenvalue weighted by Crippen LogP contribution is -2.38. The Morgan fingerprint density at radius 3 is 2.18 bits per heavy atom. The summed E-state index contributed by atoms with van der Waals surface area (Å²) in [5.74, 6) is -1.01. The molecule has 9 heteroatoms. The van der Waals surface area contributed by atoms with Crippen LogP contribution in [0.25, 0.3) is 0 Å². The molecule has 0 saturated carbocycles. The van der Waals surface area contributed by atoms with E-state index in [1.165, 1.54) is 46.8 Å². The minimum atomic E-state index is -4.71. The molecule has 2 aromatic carbocycles. The second kappa shape index (κ2) is 8.74. The first-order chi connectivity index (χ1) is 13.1. The number of alkyl halides is 3. The highest BCUT2D eigenvalue weighted by Gasteiger charge is 2.42. The first kappa shape index (κ1) is 21.9. The zero-order chi connectivity index (χ0) is 20.9.